The van der Waals surface area contributed by atoms with Crippen LogP contribution in [0.1, 0.15) is 30.5 Å². The molecule has 0 aliphatic rings. The summed E-state index contributed by atoms with van der Waals surface area (Å²) in [4.78, 5) is 28.7. The van der Waals surface area contributed by atoms with Crippen molar-refractivity contribution in [2.45, 2.75) is 39.3 Å². The van der Waals surface area contributed by atoms with Crippen molar-refractivity contribution in [3.05, 3.63) is 106 Å². The Kier molecular flexibility index (Phi) is 9.25. The van der Waals surface area contributed by atoms with Gasteiger partial charge in [-0.25, -0.2) is 0 Å². The molecular formula is C28H31BrN2O2. The number of amides is 2. The summed E-state index contributed by atoms with van der Waals surface area (Å²) in [6, 6.07) is 26.8. The molecule has 1 N–H and O–H groups in total. The molecule has 4 nitrogen and oxygen atoms in total. The number of halogens is 1. The van der Waals surface area contributed by atoms with Gasteiger partial charge in [0.15, 0.2) is 0 Å². The molecule has 0 aliphatic heterocycles. The molecule has 0 saturated heterocycles. The molecule has 0 fully saturated rings. The maximum atomic E-state index is 13.6. The summed E-state index contributed by atoms with van der Waals surface area (Å²) < 4.78 is 0.976. The Balaban J connectivity index is 1.93. The first kappa shape index (κ1) is 24.7. The number of hydrogen-bond donors (Lipinski definition) is 1. The number of carbonyl (C=O) groups is 2. The Bertz CT molecular complexity index is 1020. The standard InChI is InChI=1S/C28H31BrN2O2/c1-21(2)19-30-28(33)26(17-22-9-5-3-6-10-22)31(20-24-13-15-25(29)16-14-24)27(32)18-23-11-7-4-8-12-23/h3-16,21,26H,17-20H2,1-2H3,(H,30,33)/t26-/m0/s1. The zero-order chi connectivity index (χ0) is 23.6. The topological polar surface area (TPSA) is 49.4 Å². The molecule has 3 rings (SSSR count). The van der Waals surface area contributed by atoms with E-state index in [1.165, 1.54) is 0 Å². The second kappa shape index (κ2) is 12.4. The van der Waals surface area contributed by atoms with E-state index in [1.807, 2.05) is 84.9 Å². The highest BCUT2D eigenvalue weighted by Crippen LogP contribution is 2.18. The van der Waals surface area contributed by atoms with Gasteiger partial charge < -0.3 is 10.2 Å². The molecule has 3 aromatic rings. The number of nitrogens with zero attached hydrogens (tertiary/aromatic N) is 1. The highest BCUT2D eigenvalue weighted by atomic mass is 79.9. The van der Waals surface area contributed by atoms with Gasteiger partial charge in [0.2, 0.25) is 11.8 Å². The highest BCUT2D eigenvalue weighted by Gasteiger charge is 2.30. The highest BCUT2D eigenvalue weighted by molar-refractivity contribution is 9.10. The normalized spacial score (nSPS) is 11.8. The number of carbonyl (C=O) groups excluding carboxylic acids is 2. The van der Waals surface area contributed by atoms with Gasteiger partial charge in [-0.3, -0.25) is 9.59 Å². The number of nitrogens with one attached hydrogen (secondary N) is 1. The predicted molar refractivity (Wildman–Crippen MR) is 137 cm³/mol. The lowest BCUT2D eigenvalue weighted by Crippen LogP contribution is -2.51. The van der Waals surface area contributed by atoms with Gasteiger partial charge in [0.05, 0.1) is 6.42 Å². The van der Waals surface area contributed by atoms with E-state index in [9.17, 15) is 9.59 Å². The lowest BCUT2D eigenvalue weighted by atomic mass is 10.0. The Morgan fingerprint density at radius 2 is 1.39 bits per heavy atom. The molecule has 0 heterocycles. The van der Waals surface area contributed by atoms with Gasteiger partial charge in [-0.1, -0.05) is 103 Å². The van der Waals surface area contributed by atoms with Gasteiger partial charge in [-0.15, -0.1) is 0 Å². The van der Waals surface area contributed by atoms with Crippen LogP contribution in [-0.2, 0) is 29.0 Å². The van der Waals surface area contributed by atoms with Crippen molar-refractivity contribution >= 4 is 27.7 Å². The fraction of sp³-hybridized carbons (Fsp3) is 0.286. The third-order valence-corrected chi connectivity index (χ3v) is 5.95. The third kappa shape index (κ3) is 7.86. The van der Waals surface area contributed by atoms with Crippen molar-refractivity contribution in [2.24, 2.45) is 5.92 Å². The molecule has 33 heavy (non-hydrogen) atoms. The molecule has 0 aromatic heterocycles. The average Bonchev–Trinajstić information content (AvgIpc) is 2.82. The van der Waals surface area contributed by atoms with Crippen LogP contribution in [0.2, 0.25) is 0 Å². The maximum absolute atomic E-state index is 13.6. The Labute approximate surface area is 205 Å². The molecule has 0 saturated carbocycles. The van der Waals surface area contributed by atoms with Crippen LogP contribution in [-0.4, -0.2) is 29.3 Å². The molecule has 1 atom stereocenters. The summed E-state index contributed by atoms with van der Waals surface area (Å²) in [5.74, 6) is 0.141. The first-order valence-electron chi connectivity index (χ1n) is 11.3. The van der Waals surface area contributed by atoms with Crippen molar-refractivity contribution in [1.29, 1.82) is 0 Å². The quantitative estimate of drug-likeness (QED) is 0.399. The summed E-state index contributed by atoms with van der Waals surface area (Å²) in [6.07, 6.45) is 0.710. The minimum absolute atomic E-state index is 0.0650. The largest absolute Gasteiger partial charge is 0.354 e. The van der Waals surface area contributed by atoms with E-state index in [0.29, 0.717) is 25.4 Å². The molecule has 0 bridgehead atoms. The van der Waals surface area contributed by atoms with E-state index in [2.05, 4.69) is 35.1 Å². The fourth-order valence-electron chi connectivity index (χ4n) is 3.64. The SMILES string of the molecule is CC(C)CNC(=O)[C@H](Cc1ccccc1)N(Cc1ccc(Br)cc1)C(=O)Cc1ccccc1. The zero-order valence-corrected chi connectivity index (χ0v) is 20.8. The summed E-state index contributed by atoms with van der Waals surface area (Å²) in [6.45, 7) is 5.06. The first-order valence-corrected chi connectivity index (χ1v) is 12.1. The van der Waals surface area contributed by atoms with Gasteiger partial charge in [0.25, 0.3) is 0 Å². The van der Waals surface area contributed by atoms with Crippen molar-refractivity contribution in [2.75, 3.05) is 6.54 Å². The molecule has 3 aromatic carbocycles. The summed E-state index contributed by atoms with van der Waals surface area (Å²) in [7, 11) is 0. The molecular weight excluding hydrogens is 476 g/mol. The lowest BCUT2D eigenvalue weighted by molar-refractivity contribution is -0.140. The van der Waals surface area contributed by atoms with Gasteiger partial charge in [0.1, 0.15) is 6.04 Å². The monoisotopic (exact) mass is 506 g/mol. The number of benzene rings is 3. The number of rotatable bonds is 10. The van der Waals surface area contributed by atoms with Gasteiger partial charge in [-0.05, 0) is 34.7 Å². The minimum atomic E-state index is -0.606. The van der Waals surface area contributed by atoms with E-state index in [-0.39, 0.29) is 18.2 Å². The van der Waals surface area contributed by atoms with E-state index in [1.54, 1.807) is 4.90 Å². The Morgan fingerprint density at radius 3 is 1.97 bits per heavy atom. The van der Waals surface area contributed by atoms with Crippen LogP contribution in [0.5, 0.6) is 0 Å². The van der Waals surface area contributed by atoms with Crippen LogP contribution < -0.4 is 5.32 Å². The van der Waals surface area contributed by atoms with E-state index in [4.69, 9.17) is 0 Å². The van der Waals surface area contributed by atoms with Crippen LogP contribution >= 0.6 is 15.9 Å². The Hall–Kier alpha value is -2.92. The third-order valence-electron chi connectivity index (χ3n) is 5.42. The van der Waals surface area contributed by atoms with Crippen molar-refractivity contribution in [1.82, 2.24) is 10.2 Å². The minimum Gasteiger partial charge on any atom is -0.354 e. The van der Waals surface area contributed by atoms with Crippen molar-refractivity contribution in [3.63, 3.8) is 0 Å². The smallest absolute Gasteiger partial charge is 0.243 e. The van der Waals surface area contributed by atoms with Gasteiger partial charge in [0, 0.05) is 24.0 Å². The second-order valence-corrected chi connectivity index (χ2v) is 9.57. The average molecular weight is 507 g/mol. The van der Waals surface area contributed by atoms with E-state index < -0.39 is 6.04 Å². The summed E-state index contributed by atoms with van der Waals surface area (Å²) >= 11 is 3.47. The first-order chi connectivity index (χ1) is 15.9. The lowest BCUT2D eigenvalue weighted by Gasteiger charge is -2.32. The van der Waals surface area contributed by atoms with Crippen LogP contribution in [0, 0.1) is 5.92 Å². The second-order valence-electron chi connectivity index (χ2n) is 8.66. The van der Waals surface area contributed by atoms with Crippen molar-refractivity contribution < 1.29 is 9.59 Å². The van der Waals surface area contributed by atoms with Crippen LogP contribution in [0.25, 0.3) is 0 Å². The van der Waals surface area contributed by atoms with Crippen molar-refractivity contribution in [3.8, 4) is 0 Å². The predicted octanol–water partition coefficient (Wildman–Crippen LogP) is 5.40. The van der Waals surface area contributed by atoms with Gasteiger partial charge >= 0.3 is 0 Å². The van der Waals surface area contributed by atoms with Gasteiger partial charge in [-0.2, -0.15) is 0 Å². The fourth-order valence-corrected chi connectivity index (χ4v) is 3.90. The summed E-state index contributed by atoms with van der Waals surface area (Å²) in [5, 5.41) is 3.06. The van der Waals surface area contributed by atoms with Crippen LogP contribution in [0.4, 0.5) is 0 Å². The molecule has 0 unspecified atom stereocenters. The Morgan fingerprint density at radius 1 is 0.818 bits per heavy atom. The van der Waals surface area contributed by atoms with Crippen LogP contribution in [0.3, 0.4) is 0 Å². The zero-order valence-electron chi connectivity index (χ0n) is 19.2. The molecule has 0 aliphatic carbocycles. The van der Waals surface area contributed by atoms with E-state index in [0.717, 1.165) is 21.2 Å². The molecule has 172 valence electrons. The maximum Gasteiger partial charge on any atom is 0.243 e. The molecule has 0 spiro atoms. The van der Waals surface area contributed by atoms with E-state index >= 15 is 0 Å². The summed E-state index contributed by atoms with van der Waals surface area (Å²) in [5.41, 5.74) is 2.94. The molecule has 2 amide bonds. The van der Waals surface area contributed by atoms with Crippen LogP contribution in [0.15, 0.2) is 89.4 Å². The molecule has 0 radical (unpaired) electrons. The molecule has 5 heteroatoms. The number of hydrogen-bond acceptors (Lipinski definition) is 2.